The van der Waals surface area contributed by atoms with Gasteiger partial charge in [-0.2, -0.15) is 0 Å². The van der Waals surface area contributed by atoms with E-state index in [1.165, 1.54) is 11.8 Å². The average Bonchev–Trinajstić information content (AvgIpc) is 3.44. The smallest absolute Gasteiger partial charge is 0.234 e. The van der Waals surface area contributed by atoms with E-state index in [2.05, 4.69) is 31.4 Å². The number of hydrogen-bond acceptors (Lipinski definition) is 5. The first kappa shape index (κ1) is 21.2. The van der Waals surface area contributed by atoms with E-state index < -0.39 is 0 Å². The van der Waals surface area contributed by atoms with E-state index >= 15 is 0 Å². The third kappa shape index (κ3) is 4.83. The fraction of sp³-hybridized carbons (Fsp3) is 0.136. The molecular weight excluding hydrogens is 478 g/mol. The average molecular weight is 498 g/mol. The fourth-order valence-corrected chi connectivity index (χ4v) is 3.99. The van der Waals surface area contributed by atoms with E-state index in [1.54, 1.807) is 7.11 Å². The maximum atomic E-state index is 12.5. The number of methoxy groups -OCH3 is 1. The molecule has 9 heteroatoms. The van der Waals surface area contributed by atoms with Gasteiger partial charge in [-0.3, -0.25) is 9.47 Å². The molecule has 31 heavy (non-hydrogen) atoms. The van der Waals surface area contributed by atoms with Crippen molar-refractivity contribution in [2.45, 2.75) is 12.1 Å². The molecule has 0 atom stereocenters. The van der Waals surface area contributed by atoms with E-state index in [-0.39, 0.29) is 11.7 Å². The summed E-state index contributed by atoms with van der Waals surface area (Å²) < 4.78 is 10.1. The normalized spacial score (nSPS) is 10.8. The van der Waals surface area contributed by atoms with Gasteiger partial charge < -0.3 is 10.1 Å². The van der Waals surface area contributed by atoms with Crippen LogP contribution in [0.2, 0.25) is 0 Å². The molecule has 0 aliphatic heterocycles. The van der Waals surface area contributed by atoms with Gasteiger partial charge in [-0.25, -0.2) is 4.68 Å². The maximum Gasteiger partial charge on any atom is 0.234 e. The SMILES string of the molecule is COc1cccc(-c2nnc(SCC(=O)Nc3ccc(Br)c(C)c3)n2-n2cccc2)c1. The summed E-state index contributed by atoms with van der Waals surface area (Å²) in [6, 6.07) is 17.2. The summed E-state index contributed by atoms with van der Waals surface area (Å²) >= 11 is 4.79. The standard InChI is InChI=1S/C22H20BrN5O2S/c1-15-12-17(8-9-19(15)23)24-20(29)14-31-22-26-25-21(28(22)27-10-3-4-11-27)16-6-5-7-18(13-16)30-2/h3-13H,14H2,1-2H3,(H,24,29). The summed E-state index contributed by atoms with van der Waals surface area (Å²) in [6.07, 6.45) is 3.81. The van der Waals surface area contributed by atoms with E-state index in [9.17, 15) is 4.79 Å². The number of carbonyl (C=O) groups excluding carboxylic acids is 1. The van der Waals surface area contributed by atoms with Gasteiger partial charge in [-0.1, -0.05) is 39.8 Å². The Kier molecular flexibility index (Phi) is 6.43. The predicted octanol–water partition coefficient (Wildman–Crippen LogP) is 4.87. The van der Waals surface area contributed by atoms with Gasteiger partial charge in [0.25, 0.3) is 0 Å². The molecule has 0 saturated heterocycles. The number of thioether (sulfide) groups is 1. The number of nitrogens with one attached hydrogen (secondary N) is 1. The number of anilines is 1. The van der Waals surface area contributed by atoms with Crippen LogP contribution in [0.1, 0.15) is 5.56 Å². The van der Waals surface area contributed by atoms with Gasteiger partial charge in [-0.05, 0) is 55.0 Å². The summed E-state index contributed by atoms with van der Waals surface area (Å²) in [5.41, 5.74) is 2.68. The third-order valence-electron chi connectivity index (χ3n) is 4.53. The highest BCUT2D eigenvalue weighted by Crippen LogP contribution is 2.27. The summed E-state index contributed by atoms with van der Waals surface area (Å²) in [5.74, 6) is 1.48. The fourth-order valence-electron chi connectivity index (χ4n) is 3.01. The Balaban J connectivity index is 1.56. The second kappa shape index (κ2) is 9.40. The summed E-state index contributed by atoms with van der Waals surface area (Å²) in [4.78, 5) is 12.5. The van der Waals surface area contributed by atoms with Crippen LogP contribution in [0.25, 0.3) is 11.4 Å². The molecule has 0 radical (unpaired) electrons. The number of benzene rings is 2. The number of ether oxygens (including phenoxy) is 1. The van der Waals surface area contributed by atoms with Gasteiger partial charge in [0, 0.05) is 28.1 Å². The first-order valence-corrected chi connectivity index (χ1v) is 11.3. The molecule has 0 saturated carbocycles. The van der Waals surface area contributed by atoms with Crippen LogP contribution in [-0.2, 0) is 4.79 Å². The van der Waals surface area contributed by atoms with Crippen molar-refractivity contribution in [3.63, 3.8) is 0 Å². The maximum absolute atomic E-state index is 12.5. The molecule has 4 aromatic rings. The first-order chi connectivity index (χ1) is 15.0. The summed E-state index contributed by atoms with van der Waals surface area (Å²) in [7, 11) is 1.63. The van der Waals surface area contributed by atoms with Gasteiger partial charge >= 0.3 is 0 Å². The van der Waals surface area contributed by atoms with Crippen LogP contribution in [0, 0.1) is 6.92 Å². The molecule has 4 rings (SSSR count). The lowest BCUT2D eigenvalue weighted by Crippen LogP contribution is -2.16. The summed E-state index contributed by atoms with van der Waals surface area (Å²) in [5, 5.41) is 12.3. The molecule has 2 aromatic carbocycles. The molecule has 7 nitrogen and oxygen atoms in total. The molecule has 0 unspecified atom stereocenters. The van der Waals surface area contributed by atoms with Crippen molar-refractivity contribution in [2.24, 2.45) is 0 Å². The minimum absolute atomic E-state index is 0.114. The largest absolute Gasteiger partial charge is 0.497 e. The molecule has 158 valence electrons. The Morgan fingerprint density at radius 2 is 1.94 bits per heavy atom. The number of amides is 1. The van der Waals surface area contributed by atoms with E-state index in [1.807, 2.05) is 83.3 Å². The second-order valence-corrected chi connectivity index (χ2v) is 8.51. The summed E-state index contributed by atoms with van der Waals surface area (Å²) in [6.45, 7) is 1.98. The lowest BCUT2D eigenvalue weighted by atomic mass is 10.2. The van der Waals surface area contributed by atoms with E-state index in [0.717, 1.165) is 27.0 Å². The molecule has 0 bridgehead atoms. The van der Waals surface area contributed by atoms with Gasteiger partial charge in [0.05, 0.1) is 12.9 Å². The number of aromatic nitrogens is 4. The van der Waals surface area contributed by atoms with Crippen LogP contribution in [0.5, 0.6) is 5.75 Å². The highest BCUT2D eigenvalue weighted by atomic mass is 79.9. The Labute approximate surface area is 192 Å². The van der Waals surface area contributed by atoms with Crippen molar-refractivity contribution in [3.05, 3.63) is 77.0 Å². The molecule has 0 aliphatic rings. The van der Waals surface area contributed by atoms with Crippen LogP contribution >= 0.6 is 27.7 Å². The highest BCUT2D eigenvalue weighted by Gasteiger charge is 2.17. The van der Waals surface area contributed by atoms with Crippen molar-refractivity contribution in [1.82, 2.24) is 19.5 Å². The van der Waals surface area contributed by atoms with Crippen LogP contribution in [-0.4, -0.2) is 38.3 Å². The Bertz CT molecular complexity index is 1210. The second-order valence-electron chi connectivity index (χ2n) is 6.71. The van der Waals surface area contributed by atoms with Gasteiger partial charge in [-0.15, -0.1) is 10.2 Å². The quantitative estimate of drug-likeness (QED) is 0.368. The van der Waals surface area contributed by atoms with Gasteiger partial charge in [0.2, 0.25) is 11.1 Å². The molecule has 1 amide bonds. The van der Waals surface area contributed by atoms with Crippen LogP contribution < -0.4 is 10.1 Å². The molecule has 0 fully saturated rings. The van der Waals surface area contributed by atoms with E-state index in [0.29, 0.717) is 11.0 Å². The van der Waals surface area contributed by atoms with Crippen molar-refractivity contribution in [1.29, 1.82) is 0 Å². The molecule has 0 aliphatic carbocycles. The zero-order valence-electron chi connectivity index (χ0n) is 16.9. The topological polar surface area (TPSA) is 74.0 Å². The van der Waals surface area contributed by atoms with Crippen molar-refractivity contribution in [3.8, 4) is 17.1 Å². The molecule has 2 aromatic heterocycles. The minimum Gasteiger partial charge on any atom is -0.497 e. The van der Waals surface area contributed by atoms with Gasteiger partial charge in [0.15, 0.2) is 5.82 Å². The molecule has 1 N–H and O–H groups in total. The Morgan fingerprint density at radius 3 is 2.68 bits per heavy atom. The van der Waals surface area contributed by atoms with Gasteiger partial charge in [0.1, 0.15) is 5.75 Å². The number of halogens is 1. The lowest BCUT2D eigenvalue weighted by molar-refractivity contribution is -0.113. The number of aryl methyl sites for hydroxylation is 1. The Hall–Kier alpha value is -3.04. The number of hydrogen-bond donors (Lipinski definition) is 1. The van der Waals surface area contributed by atoms with Crippen molar-refractivity contribution >= 4 is 39.3 Å². The predicted molar refractivity (Wildman–Crippen MR) is 125 cm³/mol. The molecule has 0 spiro atoms. The lowest BCUT2D eigenvalue weighted by Gasteiger charge is -2.12. The highest BCUT2D eigenvalue weighted by molar-refractivity contribution is 9.10. The first-order valence-electron chi connectivity index (χ1n) is 9.47. The van der Waals surface area contributed by atoms with E-state index in [4.69, 9.17) is 4.74 Å². The van der Waals surface area contributed by atoms with Crippen molar-refractivity contribution < 1.29 is 9.53 Å². The zero-order chi connectivity index (χ0) is 21.8. The third-order valence-corrected chi connectivity index (χ3v) is 6.34. The Morgan fingerprint density at radius 1 is 1.13 bits per heavy atom. The number of carbonyl (C=O) groups is 1. The van der Waals surface area contributed by atoms with Crippen LogP contribution in [0.4, 0.5) is 5.69 Å². The molecule has 2 heterocycles. The number of rotatable bonds is 7. The monoisotopic (exact) mass is 497 g/mol. The van der Waals surface area contributed by atoms with Crippen LogP contribution in [0.3, 0.4) is 0 Å². The minimum atomic E-state index is -0.114. The molecular formula is C22H20BrN5O2S. The van der Waals surface area contributed by atoms with Crippen molar-refractivity contribution in [2.75, 3.05) is 18.2 Å². The number of nitrogens with zero attached hydrogens (tertiary/aromatic N) is 4. The zero-order valence-corrected chi connectivity index (χ0v) is 19.4. The van der Waals surface area contributed by atoms with Crippen LogP contribution in [0.15, 0.2) is 76.6 Å².